The van der Waals surface area contributed by atoms with Gasteiger partial charge in [0.15, 0.2) is 0 Å². The van der Waals surface area contributed by atoms with Crippen LogP contribution in [-0.2, 0) is 20.7 Å². The van der Waals surface area contributed by atoms with Crippen LogP contribution in [0.25, 0.3) is 0 Å². The van der Waals surface area contributed by atoms with Gasteiger partial charge in [-0.15, -0.1) is 0 Å². The lowest BCUT2D eigenvalue weighted by Gasteiger charge is -2.34. The van der Waals surface area contributed by atoms with E-state index in [1.807, 2.05) is 0 Å². The molecular formula is C15H22N4O5. The van der Waals surface area contributed by atoms with Gasteiger partial charge >= 0.3 is 18.1 Å². The summed E-state index contributed by atoms with van der Waals surface area (Å²) in [5, 5.41) is 2.57. The Bertz CT molecular complexity index is 634. The maximum atomic E-state index is 12.5. The van der Waals surface area contributed by atoms with Crippen LogP contribution >= 0.6 is 0 Å². The van der Waals surface area contributed by atoms with E-state index in [1.54, 1.807) is 27.0 Å². The molecule has 0 bridgehead atoms. The Labute approximate surface area is 139 Å². The number of esters is 1. The molecule has 1 aromatic heterocycles. The van der Waals surface area contributed by atoms with Crippen LogP contribution in [0.4, 0.5) is 9.59 Å². The molecule has 24 heavy (non-hydrogen) atoms. The molecule has 1 aliphatic rings. The SMILES string of the molecule is COC(=O)C1Cc2cncn2C(=O)N1CCNC(=O)OC(C)(C)C. The van der Waals surface area contributed by atoms with Crippen molar-refractivity contribution in [2.24, 2.45) is 0 Å². The number of rotatable bonds is 4. The summed E-state index contributed by atoms with van der Waals surface area (Å²) < 4.78 is 11.3. The van der Waals surface area contributed by atoms with E-state index in [9.17, 15) is 14.4 Å². The molecule has 0 aromatic carbocycles. The highest BCUT2D eigenvalue weighted by Gasteiger charge is 2.37. The standard InChI is InChI=1S/C15H22N4O5/c1-15(2,3)24-13(21)17-5-6-18-11(12(20)23-4)7-10-8-16-9-19(10)14(18)22/h8-9,11H,5-7H2,1-4H3,(H,17,21). The molecule has 2 rings (SSSR count). The molecule has 0 radical (unpaired) electrons. The van der Waals surface area contributed by atoms with Gasteiger partial charge in [0, 0.05) is 31.4 Å². The summed E-state index contributed by atoms with van der Waals surface area (Å²) in [5.74, 6) is -0.506. The first kappa shape index (κ1) is 17.8. The number of hydrogen-bond acceptors (Lipinski definition) is 6. The van der Waals surface area contributed by atoms with Gasteiger partial charge in [0.05, 0.1) is 7.11 Å². The third-order valence-corrected chi connectivity index (χ3v) is 3.44. The van der Waals surface area contributed by atoms with Crippen molar-refractivity contribution in [3.63, 3.8) is 0 Å². The van der Waals surface area contributed by atoms with E-state index in [0.717, 1.165) is 0 Å². The zero-order valence-electron chi connectivity index (χ0n) is 14.2. The molecule has 1 atom stereocenters. The smallest absolute Gasteiger partial charge is 0.407 e. The first-order chi connectivity index (χ1) is 11.2. The minimum atomic E-state index is -0.743. The number of aromatic nitrogens is 2. The molecule has 0 aliphatic carbocycles. The number of nitrogens with one attached hydrogen (secondary N) is 1. The van der Waals surface area contributed by atoms with E-state index in [2.05, 4.69) is 10.3 Å². The van der Waals surface area contributed by atoms with Crippen LogP contribution in [0.1, 0.15) is 26.5 Å². The Hall–Kier alpha value is -2.58. The van der Waals surface area contributed by atoms with Gasteiger partial charge in [-0.3, -0.25) is 4.57 Å². The van der Waals surface area contributed by atoms with Crippen LogP contribution in [0, 0.1) is 0 Å². The van der Waals surface area contributed by atoms with Gasteiger partial charge in [0.1, 0.15) is 18.0 Å². The van der Waals surface area contributed by atoms with Crippen molar-refractivity contribution >= 4 is 18.1 Å². The molecule has 1 aromatic rings. The number of methoxy groups -OCH3 is 1. The number of nitrogens with zero attached hydrogens (tertiary/aromatic N) is 3. The molecule has 0 fully saturated rings. The van der Waals surface area contributed by atoms with Crippen LogP contribution in [0.3, 0.4) is 0 Å². The van der Waals surface area contributed by atoms with Crippen LogP contribution < -0.4 is 5.32 Å². The number of amides is 2. The van der Waals surface area contributed by atoms with Crippen LogP contribution in [-0.4, -0.2) is 64.4 Å². The lowest BCUT2D eigenvalue weighted by atomic mass is 10.1. The number of fused-ring (bicyclic) bond motifs is 1. The largest absolute Gasteiger partial charge is 0.467 e. The van der Waals surface area contributed by atoms with Gasteiger partial charge in [0.25, 0.3) is 0 Å². The number of imidazole rings is 1. The third kappa shape index (κ3) is 4.03. The van der Waals surface area contributed by atoms with Crippen molar-refractivity contribution in [3.8, 4) is 0 Å². The predicted octanol–water partition coefficient (Wildman–Crippen LogP) is 0.776. The molecule has 2 heterocycles. The highest BCUT2D eigenvalue weighted by Crippen LogP contribution is 2.18. The molecule has 132 valence electrons. The summed E-state index contributed by atoms with van der Waals surface area (Å²) in [6, 6.07) is -1.12. The van der Waals surface area contributed by atoms with E-state index in [1.165, 1.54) is 22.9 Å². The van der Waals surface area contributed by atoms with E-state index in [0.29, 0.717) is 12.1 Å². The molecule has 1 N–H and O–H groups in total. The number of alkyl carbamates (subject to hydrolysis) is 1. The summed E-state index contributed by atoms with van der Waals surface area (Å²) in [6.45, 7) is 5.57. The number of hydrogen-bond donors (Lipinski definition) is 1. The fraction of sp³-hybridized carbons (Fsp3) is 0.600. The minimum Gasteiger partial charge on any atom is -0.467 e. The molecule has 0 saturated heterocycles. The first-order valence-electron chi connectivity index (χ1n) is 7.60. The zero-order chi connectivity index (χ0) is 17.9. The van der Waals surface area contributed by atoms with Crippen LogP contribution in [0.2, 0.25) is 0 Å². The Morgan fingerprint density at radius 2 is 2.12 bits per heavy atom. The molecule has 1 unspecified atom stereocenters. The van der Waals surface area contributed by atoms with Crippen molar-refractivity contribution in [1.29, 1.82) is 0 Å². The van der Waals surface area contributed by atoms with Crippen LogP contribution in [0.15, 0.2) is 12.5 Å². The normalized spacial score (nSPS) is 17.2. The second-order valence-corrected chi connectivity index (χ2v) is 6.40. The Morgan fingerprint density at radius 1 is 1.42 bits per heavy atom. The first-order valence-corrected chi connectivity index (χ1v) is 7.60. The van der Waals surface area contributed by atoms with Crippen LogP contribution in [0.5, 0.6) is 0 Å². The van der Waals surface area contributed by atoms with Gasteiger partial charge < -0.3 is 19.7 Å². The van der Waals surface area contributed by atoms with Crippen molar-refractivity contribution in [1.82, 2.24) is 19.8 Å². The zero-order valence-corrected chi connectivity index (χ0v) is 14.2. The predicted molar refractivity (Wildman–Crippen MR) is 83.5 cm³/mol. The second kappa shape index (κ2) is 6.90. The van der Waals surface area contributed by atoms with E-state index in [-0.39, 0.29) is 19.1 Å². The summed E-state index contributed by atoms with van der Waals surface area (Å²) >= 11 is 0. The highest BCUT2D eigenvalue weighted by atomic mass is 16.6. The molecule has 2 amide bonds. The Kier molecular flexibility index (Phi) is 5.10. The summed E-state index contributed by atoms with van der Waals surface area (Å²) in [7, 11) is 1.27. The van der Waals surface area contributed by atoms with E-state index in [4.69, 9.17) is 9.47 Å². The topological polar surface area (TPSA) is 103 Å². The number of carbonyl (C=O) groups excluding carboxylic acids is 3. The maximum Gasteiger partial charge on any atom is 0.407 e. The van der Waals surface area contributed by atoms with E-state index >= 15 is 0 Å². The molecule has 0 spiro atoms. The fourth-order valence-corrected chi connectivity index (χ4v) is 2.42. The lowest BCUT2D eigenvalue weighted by Crippen LogP contribution is -2.54. The quantitative estimate of drug-likeness (QED) is 0.814. The molecule has 9 nitrogen and oxygen atoms in total. The van der Waals surface area contributed by atoms with E-state index < -0.39 is 23.7 Å². The Morgan fingerprint density at radius 3 is 2.75 bits per heavy atom. The summed E-state index contributed by atoms with van der Waals surface area (Å²) in [4.78, 5) is 41.4. The van der Waals surface area contributed by atoms with Gasteiger partial charge in [-0.2, -0.15) is 0 Å². The lowest BCUT2D eigenvalue weighted by molar-refractivity contribution is -0.146. The molecule has 9 heteroatoms. The summed E-state index contributed by atoms with van der Waals surface area (Å²) in [6.07, 6.45) is 2.68. The van der Waals surface area contributed by atoms with Crippen molar-refractivity contribution < 1.29 is 23.9 Å². The number of ether oxygens (including phenoxy) is 2. The third-order valence-electron chi connectivity index (χ3n) is 3.44. The van der Waals surface area contributed by atoms with Crippen molar-refractivity contribution in [2.75, 3.05) is 20.2 Å². The minimum absolute atomic E-state index is 0.148. The monoisotopic (exact) mass is 338 g/mol. The average molecular weight is 338 g/mol. The van der Waals surface area contributed by atoms with Crippen molar-refractivity contribution in [2.45, 2.75) is 38.8 Å². The summed E-state index contributed by atoms with van der Waals surface area (Å²) in [5.41, 5.74) is 0.0393. The van der Waals surface area contributed by atoms with Gasteiger partial charge in [-0.1, -0.05) is 0 Å². The van der Waals surface area contributed by atoms with Crippen molar-refractivity contribution in [3.05, 3.63) is 18.2 Å². The Balaban J connectivity index is 2.02. The number of carbonyl (C=O) groups is 3. The maximum absolute atomic E-state index is 12.5. The van der Waals surface area contributed by atoms with Gasteiger partial charge in [-0.25, -0.2) is 19.4 Å². The molecule has 1 aliphatic heterocycles. The average Bonchev–Trinajstić information content (AvgIpc) is 2.95. The molecule has 0 saturated carbocycles. The second-order valence-electron chi connectivity index (χ2n) is 6.40. The fourth-order valence-electron chi connectivity index (χ4n) is 2.42. The highest BCUT2D eigenvalue weighted by molar-refractivity contribution is 5.87. The van der Waals surface area contributed by atoms with Gasteiger partial charge in [-0.05, 0) is 20.8 Å². The molecular weight excluding hydrogens is 316 g/mol. The van der Waals surface area contributed by atoms with Gasteiger partial charge in [0.2, 0.25) is 0 Å².